The van der Waals surface area contributed by atoms with Crippen LogP contribution in [0, 0.1) is 0 Å². The number of halogens is 2. The fraction of sp³-hybridized carbons (Fsp3) is 0.300. The van der Waals surface area contributed by atoms with Crippen LogP contribution in [0.1, 0.15) is 23.7 Å². The molecule has 0 aliphatic carbocycles. The summed E-state index contributed by atoms with van der Waals surface area (Å²) < 4.78 is 27.9. The smallest absolute Gasteiger partial charge is 0.339 e. The number of esters is 1. The van der Waals surface area contributed by atoms with Gasteiger partial charge in [-0.3, -0.25) is 0 Å². The molecule has 0 radical (unpaired) electrons. The minimum atomic E-state index is -4.01. The molecule has 0 aromatic heterocycles. The van der Waals surface area contributed by atoms with Crippen LogP contribution in [0.4, 0.5) is 0 Å². The first-order chi connectivity index (χ1) is 7.88. The van der Waals surface area contributed by atoms with Crippen LogP contribution in [-0.2, 0) is 13.8 Å². The molecular formula is C10H10BrClO4S. The summed E-state index contributed by atoms with van der Waals surface area (Å²) >= 11 is 3.05. The van der Waals surface area contributed by atoms with Crippen LogP contribution < -0.4 is 0 Å². The van der Waals surface area contributed by atoms with Crippen molar-refractivity contribution in [2.45, 2.75) is 18.2 Å². The van der Waals surface area contributed by atoms with Gasteiger partial charge in [-0.05, 0) is 34.5 Å². The molecule has 0 spiro atoms. The molecule has 1 rings (SSSR count). The van der Waals surface area contributed by atoms with E-state index in [9.17, 15) is 13.2 Å². The van der Waals surface area contributed by atoms with E-state index >= 15 is 0 Å². The molecule has 0 saturated heterocycles. The van der Waals surface area contributed by atoms with Crippen LogP contribution >= 0.6 is 26.6 Å². The Morgan fingerprint density at radius 2 is 2.12 bits per heavy atom. The van der Waals surface area contributed by atoms with Gasteiger partial charge >= 0.3 is 5.97 Å². The molecule has 1 aromatic rings. The lowest BCUT2D eigenvalue weighted by Gasteiger charge is -2.08. The van der Waals surface area contributed by atoms with Gasteiger partial charge in [0.05, 0.1) is 12.2 Å². The van der Waals surface area contributed by atoms with E-state index in [1.54, 1.807) is 0 Å². The average molecular weight is 342 g/mol. The zero-order chi connectivity index (χ0) is 13.1. The molecule has 0 amide bonds. The summed E-state index contributed by atoms with van der Waals surface area (Å²) in [7, 11) is 1.27. The maximum absolute atomic E-state index is 11.7. The molecule has 0 bridgehead atoms. The molecule has 0 aliphatic rings. The van der Waals surface area contributed by atoms with Crippen molar-refractivity contribution in [3.63, 3.8) is 0 Å². The highest BCUT2D eigenvalue weighted by Crippen LogP contribution is 2.29. The Morgan fingerprint density at radius 3 is 2.65 bits per heavy atom. The highest BCUT2D eigenvalue weighted by molar-refractivity contribution is 9.10. The molecule has 17 heavy (non-hydrogen) atoms. The number of carbonyl (C=O) groups excluding carboxylic acids is 1. The second-order valence-electron chi connectivity index (χ2n) is 3.19. The van der Waals surface area contributed by atoms with Crippen molar-refractivity contribution in [2.75, 3.05) is 6.61 Å². The van der Waals surface area contributed by atoms with Gasteiger partial charge in [-0.2, -0.15) is 0 Å². The topological polar surface area (TPSA) is 60.4 Å². The number of ether oxygens (including phenoxy) is 1. The first-order valence-electron chi connectivity index (χ1n) is 4.78. The van der Waals surface area contributed by atoms with E-state index in [4.69, 9.17) is 15.4 Å². The maximum Gasteiger partial charge on any atom is 0.339 e. The van der Waals surface area contributed by atoms with Gasteiger partial charge in [-0.25, -0.2) is 13.2 Å². The maximum atomic E-state index is 11.7. The Balaban J connectivity index is 3.25. The van der Waals surface area contributed by atoms with Crippen molar-refractivity contribution in [3.05, 3.63) is 28.2 Å². The van der Waals surface area contributed by atoms with Crippen LogP contribution in [0.3, 0.4) is 0 Å². The van der Waals surface area contributed by atoms with E-state index in [-0.39, 0.29) is 21.5 Å². The molecule has 0 N–H and O–H groups in total. The molecule has 0 heterocycles. The molecule has 0 aliphatic heterocycles. The van der Waals surface area contributed by atoms with Crippen molar-refractivity contribution in [3.8, 4) is 0 Å². The van der Waals surface area contributed by atoms with Gasteiger partial charge in [0.25, 0.3) is 9.05 Å². The molecule has 1 aromatic carbocycles. The minimum absolute atomic E-state index is 0.0668. The Kier molecular flexibility index (Phi) is 4.97. The standard InChI is InChI=1S/C10H10BrClO4S/c1-2-6-16-10(13)7-4-3-5-8(11)9(7)17(12,14)15/h3-5H,2,6H2,1H3. The van der Waals surface area contributed by atoms with Crippen LogP contribution in [-0.4, -0.2) is 21.0 Å². The third kappa shape index (κ3) is 3.69. The van der Waals surface area contributed by atoms with Crippen LogP contribution in [0.5, 0.6) is 0 Å². The minimum Gasteiger partial charge on any atom is -0.462 e. The summed E-state index contributed by atoms with van der Waals surface area (Å²) in [5.74, 6) is -0.702. The van der Waals surface area contributed by atoms with E-state index in [2.05, 4.69) is 15.9 Å². The van der Waals surface area contributed by atoms with Crippen molar-refractivity contribution >= 4 is 41.6 Å². The van der Waals surface area contributed by atoms with Crippen molar-refractivity contribution in [2.24, 2.45) is 0 Å². The van der Waals surface area contributed by atoms with E-state index in [0.717, 1.165) is 0 Å². The third-order valence-electron chi connectivity index (χ3n) is 1.87. The molecule has 0 fully saturated rings. The highest BCUT2D eigenvalue weighted by atomic mass is 79.9. The number of benzene rings is 1. The Hall–Kier alpha value is -0.590. The third-order valence-corrected chi connectivity index (χ3v) is 4.18. The van der Waals surface area contributed by atoms with Crippen LogP contribution in [0.2, 0.25) is 0 Å². The lowest BCUT2D eigenvalue weighted by atomic mass is 10.2. The van der Waals surface area contributed by atoms with Crippen LogP contribution in [0.25, 0.3) is 0 Å². The summed E-state index contributed by atoms with van der Waals surface area (Å²) in [5.41, 5.74) is -0.0668. The van der Waals surface area contributed by atoms with Gasteiger partial charge in [-0.15, -0.1) is 0 Å². The Bertz CT molecular complexity index is 527. The lowest BCUT2D eigenvalue weighted by molar-refractivity contribution is 0.0500. The fourth-order valence-electron chi connectivity index (χ4n) is 1.19. The first kappa shape index (κ1) is 14.5. The largest absolute Gasteiger partial charge is 0.462 e. The Morgan fingerprint density at radius 1 is 1.47 bits per heavy atom. The van der Waals surface area contributed by atoms with Crippen molar-refractivity contribution in [1.82, 2.24) is 0 Å². The quantitative estimate of drug-likeness (QED) is 0.624. The van der Waals surface area contributed by atoms with Crippen LogP contribution in [0.15, 0.2) is 27.6 Å². The van der Waals surface area contributed by atoms with E-state index in [1.165, 1.54) is 18.2 Å². The molecular weight excluding hydrogens is 332 g/mol. The summed E-state index contributed by atoms with van der Waals surface area (Å²) in [5, 5.41) is 0. The average Bonchev–Trinajstić information content (AvgIpc) is 2.23. The normalized spacial score (nSPS) is 11.2. The lowest BCUT2D eigenvalue weighted by Crippen LogP contribution is -2.10. The van der Waals surface area contributed by atoms with Gasteiger partial charge in [0, 0.05) is 15.2 Å². The molecule has 7 heteroatoms. The van der Waals surface area contributed by atoms with Gasteiger partial charge in [0.15, 0.2) is 0 Å². The number of hydrogen-bond acceptors (Lipinski definition) is 4. The second kappa shape index (κ2) is 5.84. The number of carbonyl (C=O) groups is 1. The molecule has 0 atom stereocenters. The monoisotopic (exact) mass is 340 g/mol. The van der Waals surface area contributed by atoms with E-state index in [1.807, 2.05) is 6.92 Å². The van der Waals surface area contributed by atoms with Crippen molar-refractivity contribution in [1.29, 1.82) is 0 Å². The van der Waals surface area contributed by atoms with Gasteiger partial charge < -0.3 is 4.74 Å². The summed E-state index contributed by atoms with van der Waals surface area (Å²) in [6.45, 7) is 2.07. The van der Waals surface area contributed by atoms with E-state index in [0.29, 0.717) is 6.42 Å². The predicted octanol–water partition coefficient (Wildman–Crippen LogP) is 2.94. The predicted molar refractivity (Wildman–Crippen MR) is 67.8 cm³/mol. The first-order valence-corrected chi connectivity index (χ1v) is 7.88. The molecule has 0 saturated carbocycles. The van der Waals surface area contributed by atoms with Gasteiger partial charge in [-0.1, -0.05) is 13.0 Å². The molecule has 0 unspecified atom stereocenters. The second-order valence-corrected chi connectivity index (χ2v) is 6.55. The van der Waals surface area contributed by atoms with Gasteiger partial charge in [0.2, 0.25) is 0 Å². The summed E-state index contributed by atoms with van der Waals surface area (Å²) in [4.78, 5) is 11.4. The highest BCUT2D eigenvalue weighted by Gasteiger charge is 2.24. The number of rotatable bonds is 4. The van der Waals surface area contributed by atoms with Gasteiger partial charge in [0.1, 0.15) is 4.90 Å². The molecule has 4 nitrogen and oxygen atoms in total. The molecule has 94 valence electrons. The number of hydrogen-bond donors (Lipinski definition) is 0. The summed E-state index contributed by atoms with van der Waals surface area (Å²) in [6, 6.07) is 4.39. The zero-order valence-corrected chi connectivity index (χ0v) is 12.1. The van der Waals surface area contributed by atoms with E-state index < -0.39 is 15.0 Å². The van der Waals surface area contributed by atoms with Crippen molar-refractivity contribution < 1.29 is 17.9 Å². The SMILES string of the molecule is CCCOC(=O)c1cccc(Br)c1S(=O)(=O)Cl. The fourth-order valence-corrected chi connectivity index (χ4v) is 3.69. The Labute approximate surface area is 112 Å². The summed E-state index contributed by atoms with van der Waals surface area (Å²) in [6.07, 6.45) is 0.655. The zero-order valence-electron chi connectivity index (χ0n) is 8.94.